The van der Waals surface area contributed by atoms with Gasteiger partial charge in [-0.25, -0.2) is 4.39 Å². The van der Waals surface area contributed by atoms with Crippen LogP contribution < -0.4 is 10.7 Å². The highest BCUT2D eigenvalue weighted by molar-refractivity contribution is 5.99. The molecule has 1 saturated heterocycles. The number of hydrogen-bond acceptors (Lipinski definition) is 6. The highest BCUT2D eigenvalue weighted by atomic mass is 19.1. The number of carbonyl (C=O) groups excluding carboxylic acids is 2. The Kier molecular flexibility index (Phi) is 4.74. The van der Waals surface area contributed by atoms with Crippen molar-refractivity contribution in [1.29, 1.82) is 0 Å². The second kappa shape index (κ2) is 7.30. The highest BCUT2D eigenvalue weighted by Crippen LogP contribution is 2.52. The van der Waals surface area contributed by atoms with Gasteiger partial charge in [0.05, 0.1) is 30.8 Å². The number of carbonyl (C=O) groups is 2. The molecule has 5 rings (SSSR count). The smallest absolute Gasteiger partial charge is 0.277 e. The summed E-state index contributed by atoms with van der Waals surface area (Å²) in [7, 11) is 0. The van der Waals surface area contributed by atoms with Crippen LogP contribution in [0.25, 0.3) is 0 Å². The summed E-state index contributed by atoms with van der Waals surface area (Å²) >= 11 is 0. The van der Waals surface area contributed by atoms with Gasteiger partial charge >= 0.3 is 0 Å². The van der Waals surface area contributed by atoms with Crippen molar-refractivity contribution >= 4 is 11.8 Å². The van der Waals surface area contributed by atoms with E-state index in [1.54, 1.807) is 4.90 Å². The van der Waals surface area contributed by atoms with E-state index in [-0.39, 0.29) is 11.7 Å². The molecule has 174 valence electrons. The lowest BCUT2D eigenvalue weighted by atomic mass is 9.98. The number of aromatic nitrogens is 2. The zero-order chi connectivity index (χ0) is 23.7. The highest BCUT2D eigenvalue weighted by Gasteiger charge is 2.60. The number of halogens is 3. The minimum atomic E-state index is -1.44. The Balaban J connectivity index is 1.52. The molecule has 2 aliphatic heterocycles. The minimum Gasteiger partial charge on any atom is -0.503 e. The largest absolute Gasteiger partial charge is 0.503 e. The Morgan fingerprint density at radius 3 is 2.85 bits per heavy atom. The fourth-order valence-corrected chi connectivity index (χ4v) is 5.16. The first-order valence-electron chi connectivity index (χ1n) is 10.4. The standard InChI is InChI=1S/C21H19F3N4O5/c1-9-8-33-21-4-2-3-13(21)27-7-11(16(29)17(30)15(27)20(32)28(9)21)19(31)25-6-10-12(22)5-14(23)26-18(10)24/h5,7,9,13,30H,2-4,6,8H2,1H3,(H,25,31)/t9-,13+,21+/m1/s1. The number of pyridine rings is 2. The van der Waals surface area contributed by atoms with Crippen molar-refractivity contribution in [2.24, 2.45) is 0 Å². The van der Waals surface area contributed by atoms with Crippen LogP contribution in [0.4, 0.5) is 13.2 Å². The van der Waals surface area contributed by atoms with Crippen molar-refractivity contribution in [3.8, 4) is 5.75 Å². The topological polar surface area (TPSA) is 114 Å². The number of nitrogens with one attached hydrogen (secondary N) is 1. The summed E-state index contributed by atoms with van der Waals surface area (Å²) in [6, 6.07) is -0.313. The Labute approximate surface area is 184 Å². The first-order chi connectivity index (χ1) is 15.7. The van der Waals surface area contributed by atoms with Crippen molar-refractivity contribution in [2.75, 3.05) is 6.61 Å². The monoisotopic (exact) mass is 464 g/mol. The maximum Gasteiger partial charge on any atom is 0.277 e. The van der Waals surface area contributed by atoms with Gasteiger partial charge in [-0.2, -0.15) is 13.8 Å². The number of amides is 2. The van der Waals surface area contributed by atoms with E-state index < -0.39 is 70.1 Å². The Morgan fingerprint density at radius 1 is 1.36 bits per heavy atom. The van der Waals surface area contributed by atoms with Gasteiger partial charge in [-0.1, -0.05) is 0 Å². The van der Waals surface area contributed by atoms with Crippen molar-refractivity contribution < 1.29 is 32.6 Å². The van der Waals surface area contributed by atoms with Crippen LogP contribution in [0, 0.1) is 17.7 Å². The number of ether oxygens (including phenoxy) is 1. The molecule has 2 aromatic heterocycles. The molecule has 2 N–H and O–H groups in total. The molecular formula is C21H19F3N4O5. The fourth-order valence-electron chi connectivity index (χ4n) is 5.16. The second-order valence-electron chi connectivity index (χ2n) is 8.44. The first-order valence-corrected chi connectivity index (χ1v) is 10.4. The van der Waals surface area contributed by atoms with E-state index in [1.807, 2.05) is 6.92 Å². The molecule has 1 saturated carbocycles. The quantitative estimate of drug-likeness (QED) is 0.667. The molecule has 2 aromatic rings. The van der Waals surface area contributed by atoms with Gasteiger partial charge in [-0.05, 0) is 26.2 Å². The molecule has 3 atom stereocenters. The summed E-state index contributed by atoms with van der Waals surface area (Å²) in [4.78, 5) is 43.1. The third kappa shape index (κ3) is 2.96. The molecule has 1 spiro atoms. The molecule has 3 aliphatic rings. The average Bonchev–Trinajstić information content (AvgIpc) is 3.32. The van der Waals surface area contributed by atoms with E-state index in [0.717, 1.165) is 6.42 Å². The average molecular weight is 464 g/mol. The molecule has 0 aromatic carbocycles. The van der Waals surface area contributed by atoms with E-state index in [4.69, 9.17) is 4.74 Å². The Morgan fingerprint density at radius 2 is 2.12 bits per heavy atom. The Hall–Kier alpha value is -3.41. The molecule has 0 unspecified atom stereocenters. The predicted molar refractivity (Wildman–Crippen MR) is 105 cm³/mol. The SMILES string of the molecule is C[C@@H]1CO[C@@]23CCC[C@@H]2n2cc(C(=O)NCc4c(F)cc(F)nc4F)c(=O)c(O)c2C(=O)N13. The number of aromatic hydroxyl groups is 1. The van der Waals surface area contributed by atoms with Gasteiger partial charge < -0.3 is 24.6 Å². The number of hydrogen-bond donors (Lipinski definition) is 2. The maximum absolute atomic E-state index is 13.8. The van der Waals surface area contributed by atoms with Crippen LogP contribution in [0.15, 0.2) is 17.1 Å². The molecule has 4 heterocycles. The molecule has 0 radical (unpaired) electrons. The molecule has 12 heteroatoms. The van der Waals surface area contributed by atoms with Crippen LogP contribution in [0.1, 0.15) is 58.6 Å². The van der Waals surface area contributed by atoms with E-state index in [1.165, 1.54) is 10.8 Å². The summed E-state index contributed by atoms with van der Waals surface area (Å²) < 4.78 is 48.0. The van der Waals surface area contributed by atoms with Crippen LogP contribution in [-0.4, -0.2) is 49.7 Å². The maximum atomic E-state index is 13.8. The summed E-state index contributed by atoms with van der Waals surface area (Å²) in [5, 5.41) is 12.8. The predicted octanol–water partition coefficient (Wildman–Crippen LogP) is 1.59. The summed E-state index contributed by atoms with van der Waals surface area (Å²) in [6.45, 7) is 1.40. The van der Waals surface area contributed by atoms with Gasteiger partial charge in [0, 0.05) is 12.3 Å². The van der Waals surface area contributed by atoms with Crippen LogP contribution in [-0.2, 0) is 11.3 Å². The molecular weight excluding hydrogens is 445 g/mol. The third-order valence-corrected chi connectivity index (χ3v) is 6.58. The summed E-state index contributed by atoms with van der Waals surface area (Å²) in [6.07, 6.45) is 3.05. The normalized spacial score (nSPS) is 25.6. The molecule has 2 fully saturated rings. The number of rotatable bonds is 3. The lowest BCUT2D eigenvalue weighted by Crippen LogP contribution is -2.58. The van der Waals surface area contributed by atoms with Gasteiger partial charge in [0.1, 0.15) is 11.4 Å². The number of nitrogens with zero attached hydrogens (tertiary/aromatic N) is 3. The number of fused-ring (bicyclic) bond motifs is 2. The van der Waals surface area contributed by atoms with Crippen LogP contribution >= 0.6 is 0 Å². The first kappa shape index (κ1) is 21.4. The van der Waals surface area contributed by atoms with Gasteiger partial charge in [0.25, 0.3) is 11.8 Å². The molecule has 2 amide bonds. The zero-order valence-electron chi connectivity index (χ0n) is 17.4. The van der Waals surface area contributed by atoms with Crippen molar-refractivity contribution in [3.63, 3.8) is 0 Å². The third-order valence-electron chi connectivity index (χ3n) is 6.58. The van der Waals surface area contributed by atoms with Crippen molar-refractivity contribution in [3.05, 3.63) is 57.0 Å². The van der Waals surface area contributed by atoms with Crippen LogP contribution in [0.5, 0.6) is 5.75 Å². The van der Waals surface area contributed by atoms with Crippen molar-refractivity contribution in [2.45, 2.75) is 50.5 Å². The van der Waals surface area contributed by atoms with E-state index in [9.17, 15) is 32.7 Å². The lowest BCUT2D eigenvalue weighted by molar-refractivity contribution is -0.101. The summed E-state index contributed by atoms with van der Waals surface area (Å²) in [5.74, 6) is -6.53. The fraction of sp³-hybridized carbons (Fsp3) is 0.429. The molecule has 0 bridgehead atoms. The van der Waals surface area contributed by atoms with E-state index in [2.05, 4.69) is 10.3 Å². The molecule has 33 heavy (non-hydrogen) atoms. The van der Waals surface area contributed by atoms with Crippen LogP contribution in [0.3, 0.4) is 0 Å². The van der Waals surface area contributed by atoms with Crippen LogP contribution in [0.2, 0.25) is 0 Å². The van der Waals surface area contributed by atoms with Gasteiger partial charge in [0.2, 0.25) is 17.3 Å². The van der Waals surface area contributed by atoms with E-state index in [0.29, 0.717) is 25.5 Å². The minimum absolute atomic E-state index is 0.226. The second-order valence-corrected chi connectivity index (χ2v) is 8.44. The molecule has 9 nitrogen and oxygen atoms in total. The molecule has 1 aliphatic carbocycles. The van der Waals surface area contributed by atoms with Crippen molar-refractivity contribution in [1.82, 2.24) is 19.8 Å². The van der Waals surface area contributed by atoms with E-state index >= 15 is 0 Å². The van der Waals surface area contributed by atoms with Gasteiger partial charge in [-0.3, -0.25) is 14.4 Å². The van der Waals surface area contributed by atoms with Gasteiger partial charge in [0.15, 0.2) is 17.2 Å². The summed E-state index contributed by atoms with van der Waals surface area (Å²) in [5.41, 5.74) is -3.45. The van der Waals surface area contributed by atoms with Gasteiger partial charge in [-0.15, -0.1) is 0 Å². The Bertz CT molecular complexity index is 1240. The lowest BCUT2D eigenvalue weighted by Gasteiger charge is -2.45. The zero-order valence-corrected chi connectivity index (χ0v) is 17.4.